The van der Waals surface area contributed by atoms with Crippen LogP contribution in [-0.4, -0.2) is 30.3 Å². The van der Waals surface area contributed by atoms with Crippen molar-refractivity contribution < 1.29 is 14.3 Å². The first-order valence-electron chi connectivity index (χ1n) is 9.82. The molecule has 6 heteroatoms. The van der Waals surface area contributed by atoms with Crippen LogP contribution in [0.5, 0.6) is 5.75 Å². The van der Waals surface area contributed by atoms with Crippen LogP contribution < -0.4 is 15.8 Å². The summed E-state index contributed by atoms with van der Waals surface area (Å²) in [4.78, 5) is 12.8. The van der Waals surface area contributed by atoms with Crippen LogP contribution in [0.3, 0.4) is 0 Å². The van der Waals surface area contributed by atoms with E-state index >= 15 is 0 Å². The van der Waals surface area contributed by atoms with Gasteiger partial charge in [0, 0.05) is 30.6 Å². The van der Waals surface area contributed by atoms with Gasteiger partial charge in [-0.15, -0.1) is 12.4 Å². The van der Waals surface area contributed by atoms with Gasteiger partial charge < -0.3 is 20.5 Å². The van der Waals surface area contributed by atoms with E-state index in [1.807, 2.05) is 45.0 Å². The number of hydrogen-bond donors (Lipinski definition) is 2. The summed E-state index contributed by atoms with van der Waals surface area (Å²) in [5, 5.41) is 3.03. The second-order valence-electron chi connectivity index (χ2n) is 8.16. The molecule has 2 aliphatic carbocycles. The quantitative estimate of drug-likeness (QED) is 0.738. The average molecular weight is 397 g/mol. The maximum atomic E-state index is 12.8. The van der Waals surface area contributed by atoms with E-state index in [2.05, 4.69) is 5.32 Å². The summed E-state index contributed by atoms with van der Waals surface area (Å²) < 4.78 is 11.9. The van der Waals surface area contributed by atoms with Crippen molar-refractivity contribution in [2.45, 2.75) is 77.2 Å². The fraction of sp³-hybridized carbons (Fsp3) is 0.667. The molecule has 1 aromatic carbocycles. The minimum atomic E-state index is -0.895. The molecular formula is C21H33ClN2O3. The molecule has 27 heavy (non-hydrogen) atoms. The largest absolute Gasteiger partial charge is 0.490 e. The first-order chi connectivity index (χ1) is 12.4. The third-order valence-electron chi connectivity index (χ3n) is 6.24. The molecule has 0 bridgehead atoms. The van der Waals surface area contributed by atoms with E-state index in [0.29, 0.717) is 25.7 Å². The Labute approximate surface area is 168 Å². The lowest BCUT2D eigenvalue weighted by atomic mass is 9.54. The van der Waals surface area contributed by atoms with Gasteiger partial charge >= 0.3 is 0 Å². The van der Waals surface area contributed by atoms with Crippen LogP contribution in [0.15, 0.2) is 24.3 Å². The van der Waals surface area contributed by atoms with Gasteiger partial charge in [-0.05, 0) is 38.7 Å². The van der Waals surface area contributed by atoms with Crippen molar-refractivity contribution in [1.82, 2.24) is 5.32 Å². The summed E-state index contributed by atoms with van der Waals surface area (Å²) in [6.07, 6.45) is 5.57. The zero-order valence-corrected chi connectivity index (χ0v) is 17.4. The number of carbonyl (C=O) groups is 1. The zero-order valence-electron chi connectivity index (χ0n) is 16.6. The van der Waals surface area contributed by atoms with E-state index < -0.39 is 5.54 Å². The van der Waals surface area contributed by atoms with Crippen molar-refractivity contribution in [2.75, 3.05) is 6.61 Å². The molecule has 3 N–H and O–H groups in total. The molecule has 0 radical (unpaired) electrons. The van der Waals surface area contributed by atoms with Gasteiger partial charge in [0.05, 0.1) is 12.2 Å². The van der Waals surface area contributed by atoms with Crippen molar-refractivity contribution in [3.05, 3.63) is 29.8 Å². The SMILES string of the molecule is CCOC1CC(N)(C(=O)NCc2ccccc2OC2CCCC2)C1(C)C.Cl. The second kappa shape index (κ2) is 8.80. The van der Waals surface area contributed by atoms with Crippen molar-refractivity contribution in [3.63, 3.8) is 0 Å². The van der Waals surface area contributed by atoms with Crippen LogP contribution in [-0.2, 0) is 16.1 Å². The predicted molar refractivity (Wildman–Crippen MR) is 109 cm³/mol. The van der Waals surface area contributed by atoms with Gasteiger partial charge in [-0.2, -0.15) is 0 Å². The molecule has 1 amide bonds. The van der Waals surface area contributed by atoms with Crippen LogP contribution >= 0.6 is 12.4 Å². The normalized spacial score (nSPS) is 26.7. The number of halogens is 1. The maximum Gasteiger partial charge on any atom is 0.241 e. The molecule has 0 aromatic heterocycles. The highest BCUT2D eigenvalue weighted by molar-refractivity contribution is 5.88. The highest BCUT2D eigenvalue weighted by atomic mass is 35.5. The lowest BCUT2D eigenvalue weighted by Gasteiger charge is -2.57. The molecule has 0 spiro atoms. The minimum absolute atomic E-state index is 0. The number of rotatable bonds is 7. The molecule has 2 atom stereocenters. The number of para-hydroxylation sites is 1. The van der Waals surface area contributed by atoms with Crippen LogP contribution in [0, 0.1) is 5.41 Å². The summed E-state index contributed by atoms with van der Waals surface area (Å²) in [6.45, 7) is 7.04. The summed E-state index contributed by atoms with van der Waals surface area (Å²) in [6, 6.07) is 7.93. The van der Waals surface area contributed by atoms with Crippen LogP contribution in [0.1, 0.15) is 58.4 Å². The Hall–Kier alpha value is -1.30. The molecule has 2 saturated carbocycles. The second-order valence-corrected chi connectivity index (χ2v) is 8.16. The highest BCUT2D eigenvalue weighted by Gasteiger charge is 2.62. The number of ether oxygens (including phenoxy) is 2. The Morgan fingerprint density at radius 3 is 2.56 bits per heavy atom. The summed E-state index contributed by atoms with van der Waals surface area (Å²) in [5.74, 6) is 0.750. The lowest BCUT2D eigenvalue weighted by molar-refractivity contribution is -0.170. The number of hydrogen-bond acceptors (Lipinski definition) is 4. The standard InChI is InChI=1S/C21H32N2O3.ClH/c1-4-25-18-13-21(22,20(18,2)3)19(24)23-14-15-9-5-8-12-17(15)26-16-10-6-7-11-16;/h5,8-9,12,16,18H,4,6-7,10-11,13-14,22H2,1-3H3,(H,23,24);1H. The van der Waals surface area contributed by atoms with Crippen LogP contribution in [0.2, 0.25) is 0 Å². The van der Waals surface area contributed by atoms with Gasteiger partial charge in [-0.25, -0.2) is 0 Å². The Morgan fingerprint density at radius 1 is 1.26 bits per heavy atom. The van der Waals surface area contributed by atoms with Gasteiger partial charge in [-0.3, -0.25) is 4.79 Å². The number of amides is 1. The third kappa shape index (κ3) is 4.25. The van der Waals surface area contributed by atoms with E-state index in [-0.39, 0.29) is 29.8 Å². The van der Waals surface area contributed by atoms with Crippen LogP contribution in [0.4, 0.5) is 0 Å². The summed E-state index contributed by atoms with van der Waals surface area (Å²) in [5.41, 5.74) is 6.17. The molecule has 0 heterocycles. The number of carbonyl (C=O) groups excluding carboxylic acids is 1. The van der Waals surface area contributed by atoms with Crippen molar-refractivity contribution in [3.8, 4) is 5.75 Å². The smallest absolute Gasteiger partial charge is 0.241 e. The summed E-state index contributed by atoms with van der Waals surface area (Å²) >= 11 is 0. The lowest BCUT2D eigenvalue weighted by Crippen LogP contribution is -2.75. The van der Waals surface area contributed by atoms with E-state index in [0.717, 1.165) is 24.2 Å². The number of benzene rings is 1. The van der Waals surface area contributed by atoms with Gasteiger partial charge in [0.1, 0.15) is 11.3 Å². The van der Waals surface area contributed by atoms with E-state index in [1.165, 1.54) is 12.8 Å². The van der Waals surface area contributed by atoms with Gasteiger partial charge in [-0.1, -0.05) is 32.0 Å². The molecule has 3 rings (SSSR count). The third-order valence-corrected chi connectivity index (χ3v) is 6.24. The topological polar surface area (TPSA) is 73.6 Å². The molecule has 0 saturated heterocycles. The van der Waals surface area contributed by atoms with Gasteiger partial charge in [0.2, 0.25) is 5.91 Å². The van der Waals surface area contributed by atoms with Crippen LogP contribution in [0.25, 0.3) is 0 Å². The average Bonchev–Trinajstić information content (AvgIpc) is 3.13. The van der Waals surface area contributed by atoms with E-state index in [1.54, 1.807) is 0 Å². The van der Waals surface area contributed by atoms with E-state index in [4.69, 9.17) is 15.2 Å². The number of nitrogens with two attached hydrogens (primary N) is 1. The predicted octanol–water partition coefficient (Wildman–Crippen LogP) is 3.58. The fourth-order valence-corrected chi connectivity index (χ4v) is 4.10. The Balaban J connectivity index is 0.00000261. The fourth-order valence-electron chi connectivity index (χ4n) is 4.10. The molecule has 152 valence electrons. The first kappa shape index (κ1) is 22.0. The zero-order chi connectivity index (χ0) is 18.8. The summed E-state index contributed by atoms with van der Waals surface area (Å²) in [7, 11) is 0. The number of nitrogens with one attached hydrogen (secondary N) is 1. The highest BCUT2D eigenvalue weighted by Crippen LogP contribution is 2.49. The van der Waals surface area contributed by atoms with Crippen molar-refractivity contribution in [2.24, 2.45) is 11.1 Å². The van der Waals surface area contributed by atoms with E-state index in [9.17, 15) is 4.79 Å². The maximum absolute atomic E-state index is 12.8. The minimum Gasteiger partial charge on any atom is -0.490 e. The van der Waals surface area contributed by atoms with Crippen molar-refractivity contribution >= 4 is 18.3 Å². The monoisotopic (exact) mass is 396 g/mol. The van der Waals surface area contributed by atoms with Crippen molar-refractivity contribution in [1.29, 1.82) is 0 Å². The molecular weight excluding hydrogens is 364 g/mol. The Kier molecular flexibility index (Phi) is 7.17. The Morgan fingerprint density at radius 2 is 1.93 bits per heavy atom. The molecule has 0 aliphatic heterocycles. The first-order valence-corrected chi connectivity index (χ1v) is 9.82. The molecule has 1 aromatic rings. The Bertz CT molecular complexity index is 646. The molecule has 5 nitrogen and oxygen atoms in total. The molecule has 2 unspecified atom stereocenters. The molecule has 2 fully saturated rings. The van der Waals surface area contributed by atoms with Gasteiger partial charge in [0.15, 0.2) is 0 Å². The molecule has 2 aliphatic rings. The van der Waals surface area contributed by atoms with Gasteiger partial charge in [0.25, 0.3) is 0 Å².